The van der Waals surface area contributed by atoms with E-state index in [2.05, 4.69) is 0 Å². The maximum Gasteiger partial charge on any atom is 0.335 e. The highest BCUT2D eigenvalue weighted by molar-refractivity contribution is 6.53. The number of nitrogens with zero attached hydrogens (tertiary/aromatic N) is 2. The van der Waals surface area contributed by atoms with Crippen LogP contribution in [0.4, 0.5) is 5.69 Å². The number of hydrogen-bond donors (Lipinski definition) is 2. The molecular weight excluding hydrogens is 583 g/mol. The van der Waals surface area contributed by atoms with Crippen LogP contribution in [0.3, 0.4) is 0 Å². The first-order chi connectivity index (χ1) is 18.8. The predicted molar refractivity (Wildman–Crippen MR) is 144 cm³/mol. The summed E-state index contributed by atoms with van der Waals surface area (Å²) in [7, 11) is 1.29. The molecule has 40 heavy (non-hydrogen) atoms. The number of rotatable bonds is 3. The number of phenolic OH excluding ortho intramolecular Hbond substituents is 1. The Morgan fingerprint density at radius 3 is 2.40 bits per heavy atom. The summed E-state index contributed by atoms with van der Waals surface area (Å²) < 4.78 is 0. The van der Waals surface area contributed by atoms with Crippen LogP contribution >= 0.6 is 34.8 Å². The maximum atomic E-state index is 14.0. The number of alkyl halides is 2. The molecule has 6 rings (SSSR count). The fourth-order valence-corrected chi connectivity index (χ4v) is 8.17. The number of halogens is 3. The molecular formula is C28H21Cl3N2O7. The van der Waals surface area contributed by atoms with Crippen LogP contribution in [0.1, 0.15) is 34.7 Å². The SMILES string of the molecule is CN1C(=O)[C@]2(Cl)C[C@@H]3C(=CC[C@@H]4C(=O)N(c5cccc(C(=O)O)c5)C(=O)[C@@H]43)[C@H](c3ccc(O)cc3Cl)[C@]2(Cl)C1=O. The fraction of sp³-hybridized carbons (Fsp3) is 0.321. The zero-order chi connectivity index (χ0) is 28.9. The molecule has 2 aliphatic carbocycles. The minimum atomic E-state index is -1.99. The third-order valence-corrected chi connectivity index (χ3v) is 10.4. The number of likely N-dealkylation sites (tertiary alicyclic amines) is 1. The average Bonchev–Trinajstić information content (AvgIpc) is 3.24. The van der Waals surface area contributed by atoms with Gasteiger partial charge in [-0.05, 0) is 54.7 Å². The molecule has 2 heterocycles. The molecule has 2 aromatic rings. The second-order valence-electron chi connectivity index (χ2n) is 10.6. The summed E-state index contributed by atoms with van der Waals surface area (Å²) in [6.45, 7) is 0. The number of carbonyl (C=O) groups is 5. The molecule has 0 unspecified atom stereocenters. The zero-order valence-corrected chi connectivity index (χ0v) is 23.1. The van der Waals surface area contributed by atoms with Crippen molar-refractivity contribution >= 4 is 70.1 Å². The van der Waals surface area contributed by atoms with E-state index >= 15 is 0 Å². The number of aromatic hydroxyl groups is 1. The third kappa shape index (κ3) is 3.31. The first kappa shape index (κ1) is 26.8. The third-order valence-electron chi connectivity index (χ3n) is 8.66. The quantitative estimate of drug-likeness (QED) is 0.309. The number of anilines is 1. The molecule has 4 amide bonds. The molecule has 0 radical (unpaired) electrons. The zero-order valence-electron chi connectivity index (χ0n) is 20.8. The maximum absolute atomic E-state index is 14.0. The largest absolute Gasteiger partial charge is 0.508 e. The van der Waals surface area contributed by atoms with Gasteiger partial charge in [0.1, 0.15) is 5.75 Å². The van der Waals surface area contributed by atoms with Gasteiger partial charge in [0.25, 0.3) is 11.8 Å². The molecule has 9 nitrogen and oxygen atoms in total. The van der Waals surface area contributed by atoms with Crippen molar-refractivity contribution in [2.24, 2.45) is 17.8 Å². The highest BCUT2D eigenvalue weighted by Crippen LogP contribution is 2.66. The second kappa shape index (κ2) is 8.80. The van der Waals surface area contributed by atoms with Crippen LogP contribution in [-0.2, 0) is 19.2 Å². The summed E-state index contributed by atoms with van der Waals surface area (Å²) in [6, 6.07) is 9.70. The number of carboxylic acids is 1. The molecule has 0 spiro atoms. The monoisotopic (exact) mass is 602 g/mol. The normalized spacial score (nSPS) is 33.0. The standard InChI is InChI=1S/C28H21Cl3N2O7/c1-32-25(39)27(30)11-18-15(21(28(27,31)26(32)40)16-6-5-14(34)10-19(16)29)7-8-17-20(18)23(36)33(22(17)35)13-4-2-3-12(9-13)24(37)38/h2-7,9-10,17-18,20-21,34H,8,11H2,1H3,(H,37,38)/t17-,18+,20-,21+,27+,28-/m0/s1. The van der Waals surface area contributed by atoms with E-state index < -0.39 is 63.0 Å². The van der Waals surface area contributed by atoms with Gasteiger partial charge in [-0.3, -0.25) is 29.0 Å². The number of benzene rings is 2. The number of aromatic carboxylic acids is 1. The molecule has 0 bridgehead atoms. The summed E-state index contributed by atoms with van der Waals surface area (Å²) in [4.78, 5) is 64.0. The Kier molecular flexibility index (Phi) is 5.90. The Morgan fingerprint density at radius 2 is 1.73 bits per heavy atom. The Bertz CT molecular complexity index is 1590. The van der Waals surface area contributed by atoms with Gasteiger partial charge in [0.05, 0.1) is 23.1 Å². The summed E-state index contributed by atoms with van der Waals surface area (Å²) in [5.74, 6) is -7.37. The van der Waals surface area contributed by atoms with Crippen LogP contribution in [0.5, 0.6) is 5.75 Å². The van der Waals surface area contributed by atoms with E-state index in [9.17, 15) is 34.2 Å². The van der Waals surface area contributed by atoms with Crippen LogP contribution < -0.4 is 4.90 Å². The first-order valence-corrected chi connectivity index (χ1v) is 13.6. The Hall–Kier alpha value is -3.40. The Balaban J connectivity index is 1.51. The van der Waals surface area contributed by atoms with Gasteiger partial charge >= 0.3 is 5.97 Å². The first-order valence-electron chi connectivity index (χ1n) is 12.4. The highest BCUT2D eigenvalue weighted by atomic mass is 35.5. The van der Waals surface area contributed by atoms with Gasteiger partial charge in [0.15, 0.2) is 9.75 Å². The van der Waals surface area contributed by atoms with E-state index in [0.29, 0.717) is 11.1 Å². The number of phenols is 1. The van der Waals surface area contributed by atoms with Gasteiger partial charge in [0, 0.05) is 18.0 Å². The van der Waals surface area contributed by atoms with Crippen molar-refractivity contribution in [3.05, 3.63) is 70.3 Å². The summed E-state index contributed by atoms with van der Waals surface area (Å²) >= 11 is 20.7. The highest BCUT2D eigenvalue weighted by Gasteiger charge is 2.76. The Morgan fingerprint density at radius 1 is 1.00 bits per heavy atom. The number of hydrogen-bond acceptors (Lipinski definition) is 6. The predicted octanol–water partition coefficient (Wildman–Crippen LogP) is 3.94. The number of carbonyl (C=O) groups excluding carboxylic acids is 4. The molecule has 206 valence electrons. The lowest BCUT2D eigenvalue weighted by Crippen LogP contribution is -2.60. The van der Waals surface area contributed by atoms with Gasteiger partial charge in [-0.25, -0.2) is 4.79 Å². The molecule has 2 saturated heterocycles. The van der Waals surface area contributed by atoms with Gasteiger partial charge in [-0.1, -0.05) is 35.4 Å². The number of imide groups is 2. The van der Waals surface area contributed by atoms with E-state index in [-0.39, 0.29) is 34.9 Å². The van der Waals surface area contributed by atoms with E-state index in [1.54, 1.807) is 6.08 Å². The van der Waals surface area contributed by atoms with Crippen molar-refractivity contribution in [2.45, 2.75) is 28.5 Å². The lowest BCUT2D eigenvalue weighted by Gasteiger charge is -2.51. The number of amides is 4. The molecule has 6 atom stereocenters. The van der Waals surface area contributed by atoms with Crippen LogP contribution in [0.2, 0.25) is 5.02 Å². The molecule has 12 heteroatoms. The van der Waals surface area contributed by atoms with Crippen LogP contribution in [0.15, 0.2) is 54.1 Å². The topological polar surface area (TPSA) is 132 Å². The van der Waals surface area contributed by atoms with Gasteiger partial charge in [0.2, 0.25) is 11.8 Å². The summed E-state index contributed by atoms with van der Waals surface area (Å²) in [5, 5.41) is 19.5. The second-order valence-corrected chi connectivity index (χ2v) is 12.2. The van der Waals surface area contributed by atoms with Crippen molar-refractivity contribution < 1.29 is 34.2 Å². The molecule has 2 aromatic carbocycles. The number of fused-ring (bicyclic) bond motifs is 4. The lowest BCUT2D eigenvalue weighted by molar-refractivity contribution is -0.138. The average molecular weight is 604 g/mol. The fourth-order valence-electron chi connectivity index (χ4n) is 6.87. The molecule has 2 aliphatic heterocycles. The molecule has 1 saturated carbocycles. The molecule has 2 N–H and O–H groups in total. The van der Waals surface area contributed by atoms with Crippen molar-refractivity contribution in [3.8, 4) is 5.75 Å². The van der Waals surface area contributed by atoms with Crippen molar-refractivity contribution in [1.82, 2.24) is 4.90 Å². The molecule has 0 aromatic heterocycles. The van der Waals surface area contributed by atoms with Gasteiger partial charge in [-0.15, -0.1) is 23.2 Å². The minimum Gasteiger partial charge on any atom is -0.508 e. The van der Waals surface area contributed by atoms with Crippen molar-refractivity contribution in [2.75, 3.05) is 11.9 Å². The number of carboxylic acid groups (broad SMARTS) is 1. The molecule has 3 fully saturated rings. The minimum absolute atomic E-state index is 0.0865. The van der Waals surface area contributed by atoms with Crippen molar-refractivity contribution in [1.29, 1.82) is 0 Å². The molecule has 4 aliphatic rings. The summed E-state index contributed by atoms with van der Waals surface area (Å²) in [5.41, 5.74) is 0.933. The van der Waals surface area contributed by atoms with Crippen LogP contribution in [0, 0.1) is 17.8 Å². The van der Waals surface area contributed by atoms with E-state index in [1.807, 2.05) is 0 Å². The van der Waals surface area contributed by atoms with Gasteiger partial charge < -0.3 is 10.2 Å². The van der Waals surface area contributed by atoms with E-state index in [4.69, 9.17) is 34.8 Å². The van der Waals surface area contributed by atoms with E-state index in [0.717, 1.165) is 9.80 Å². The van der Waals surface area contributed by atoms with Gasteiger partial charge in [-0.2, -0.15) is 0 Å². The van der Waals surface area contributed by atoms with Crippen LogP contribution in [0.25, 0.3) is 0 Å². The number of allylic oxidation sites excluding steroid dienone is 2. The lowest BCUT2D eigenvalue weighted by atomic mass is 9.56. The van der Waals surface area contributed by atoms with Crippen LogP contribution in [-0.4, -0.2) is 61.5 Å². The smallest absolute Gasteiger partial charge is 0.335 e. The summed E-state index contributed by atoms with van der Waals surface area (Å²) in [6.07, 6.45) is 1.72. The Labute approximate surface area is 242 Å². The van der Waals surface area contributed by atoms with E-state index in [1.165, 1.54) is 49.5 Å². The van der Waals surface area contributed by atoms with Crippen molar-refractivity contribution in [3.63, 3.8) is 0 Å².